The first-order valence-corrected chi connectivity index (χ1v) is 5.28. The van der Waals surface area contributed by atoms with E-state index in [2.05, 4.69) is 17.1 Å². The van der Waals surface area contributed by atoms with Gasteiger partial charge in [0.05, 0.1) is 12.1 Å². The van der Waals surface area contributed by atoms with E-state index in [1.807, 2.05) is 6.92 Å². The van der Waals surface area contributed by atoms with Crippen molar-refractivity contribution in [1.82, 2.24) is 10.1 Å². The van der Waals surface area contributed by atoms with Crippen molar-refractivity contribution in [3.63, 3.8) is 0 Å². The molecule has 15 heavy (non-hydrogen) atoms. The molecule has 2 N–H and O–H groups in total. The number of aromatic nitrogens is 2. The third-order valence-electron chi connectivity index (χ3n) is 2.27. The van der Waals surface area contributed by atoms with Crippen LogP contribution in [-0.2, 0) is 11.2 Å². The van der Waals surface area contributed by atoms with Gasteiger partial charge in [0.25, 0.3) is 0 Å². The molecule has 86 valence electrons. The van der Waals surface area contributed by atoms with E-state index in [4.69, 9.17) is 15.0 Å². The molecule has 1 rings (SSSR count). The van der Waals surface area contributed by atoms with Gasteiger partial charge in [0.1, 0.15) is 0 Å². The normalized spacial score (nSPS) is 15.2. The minimum absolute atomic E-state index is 0.0952. The molecule has 2 atom stereocenters. The Labute approximate surface area is 90.0 Å². The lowest BCUT2D eigenvalue weighted by Gasteiger charge is -2.04. The van der Waals surface area contributed by atoms with Crippen molar-refractivity contribution in [2.75, 3.05) is 7.11 Å². The maximum atomic E-state index is 5.85. The fraction of sp³-hybridized carbons (Fsp3) is 0.800. The van der Waals surface area contributed by atoms with Gasteiger partial charge < -0.3 is 15.0 Å². The molecule has 0 spiro atoms. The van der Waals surface area contributed by atoms with E-state index in [9.17, 15) is 0 Å². The van der Waals surface area contributed by atoms with Crippen molar-refractivity contribution < 1.29 is 9.26 Å². The molecule has 5 heteroatoms. The topological polar surface area (TPSA) is 74.2 Å². The number of hydrogen-bond acceptors (Lipinski definition) is 5. The zero-order valence-electron chi connectivity index (χ0n) is 9.56. The van der Waals surface area contributed by atoms with Crippen LogP contribution in [0.4, 0.5) is 0 Å². The van der Waals surface area contributed by atoms with E-state index in [1.54, 1.807) is 7.11 Å². The van der Waals surface area contributed by atoms with Gasteiger partial charge in [-0.1, -0.05) is 18.5 Å². The molecular formula is C10H19N3O2. The molecule has 0 aliphatic heterocycles. The molecule has 0 radical (unpaired) electrons. The predicted octanol–water partition coefficient (Wildman–Crippen LogP) is 1.45. The fourth-order valence-electron chi connectivity index (χ4n) is 1.28. The van der Waals surface area contributed by atoms with Crippen LogP contribution in [0.15, 0.2) is 4.52 Å². The van der Waals surface area contributed by atoms with Crippen LogP contribution in [0.1, 0.15) is 44.4 Å². The van der Waals surface area contributed by atoms with Crippen LogP contribution in [-0.4, -0.2) is 23.4 Å². The molecular weight excluding hydrogens is 194 g/mol. The molecule has 0 bridgehead atoms. The molecule has 1 aromatic rings. The SMILES string of the molecule is CCC[C@@H](N)c1nc(CC(C)OC)no1. The Kier molecular flexibility index (Phi) is 4.71. The summed E-state index contributed by atoms with van der Waals surface area (Å²) in [6, 6.07) is -0.144. The standard InChI is InChI=1S/C10H19N3O2/c1-4-5-8(11)10-12-9(13-15-10)6-7(2)14-3/h7-8H,4-6,11H2,1-3H3/t7?,8-/m1/s1. The maximum absolute atomic E-state index is 5.85. The van der Waals surface area contributed by atoms with Gasteiger partial charge in [-0.2, -0.15) is 4.98 Å². The number of ether oxygens (including phenoxy) is 1. The maximum Gasteiger partial charge on any atom is 0.243 e. The predicted molar refractivity (Wildman–Crippen MR) is 56.3 cm³/mol. The second kappa shape index (κ2) is 5.82. The van der Waals surface area contributed by atoms with Crippen molar-refractivity contribution in [2.24, 2.45) is 5.73 Å². The Morgan fingerprint density at radius 1 is 1.53 bits per heavy atom. The Bertz CT molecular complexity index is 288. The summed E-state index contributed by atoms with van der Waals surface area (Å²) in [4.78, 5) is 4.23. The molecule has 0 fully saturated rings. The van der Waals surface area contributed by atoms with Gasteiger partial charge in [-0.3, -0.25) is 0 Å². The zero-order valence-corrected chi connectivity index (χ0v) is 9.56. The molecule has 0 aromatic carbocycles. The van der Waals surface area contributed by atoms with Gasteiger partial charge in [0.2, 0.25) is 5.89 Å². The largest absolute Gasteiger partial charge is 0.381 e. The lowest BCUT2D eigenvalue weighted by atomic mass is 10.2. The Morgan fingerprint density at radius 2 is 2.27 bits per heavy atom. The summed E-state index contributed by atoms with van der Waals surface area (Å²) in [5.41, 5.74) is 5.85. The molecule has 0 amide bonds. The zero-order chi connectivity index (χ0) is 11.3. The van der Waals surface area contributed by atoms with E-state index in [-0.39, 0.29) is 12.1 Å². The molecule has 1 heterocycles. The summed E-state index contributed by atoms with van der Waals surface area (Å²) in [5, 5.41) is 3.86. The fourth-order valence-corrected chi connectivity index (χ4v) is 1.28. The van der Waals surface area contributed by atoms with Crippen molar-refractivity contribution >= 4 is 0 Å². The van der Waals surface area contributed by atoms with Crippen LogP contribution in [0.2, 0.25) is 0 Å². The molecule has 5 nitrogen and oxygen atoms in total. The van der Waals surface area contributed by atoms with Crippen LogP contribution < -0.4 is 5.73 Å². The van der Waals surface area contributed by atoms with E-state index >= 15 is 0 Å². The number of nitrogens with zero attached hydrogens (tertiary/aromatic N) is 2. The second-order valence-electron chi connectivity index (χ2n) is 3.69. The van der Waals surface area contributed by atoms with Gasteiger partial charge in [0, 0.05) is 13.5 Å². The summed E-state index contributed by atoms with van der Waals surface area (Å²) in [5.74, 6) is 1.18. The highest BCUT2D eigenvalue weighted by molar-refractivity contribution is 4.92. The summed E-state index contributed by atoms with van der Waals surface area (Å²) in [7, 11) is 1.66. The van der Waals surface area contributed by atoms with Crippen molar-refractivity contribution in [3.8, 4) is 0 Å². The van der Waals surface area contributed by atoms with E-state index in [0.717, 1.165) is 12.8 Å². The van der Waals surface area contributed by atoms with Crippen molar-refractivity contribution in [1.29, 1.82) is 0 Å². The minimum atomic E-state index is -0.144. The quantitative estimate of drug-likeness (QED) is 0.774. The number of hydrogen-bond donors (Lipinski definition) is 1. The van der Waals surface area contributed by atoms with E-state index in [1.165, 1.54) is 0 Å². The van der Waals surface area contributed by atoms with Crippen LogP contribution >= 0.6 is 0 Å². The van der Waals surface area contributed by atoms with Gasteiger partial charge >= 0.3 is 0 Å². The number of nitrogens with two attached hydrogens (primary N) is 1. The van der Waals surface area contributed by atoms with E-state index in [0.29, 0.717) is 18.1 Å². The third-order valence-corrected chi connectivity index (χ3v) is 2.27. The van der Waals surface area contributed by atoms with Crippen molar-refractivity contribution in [3.05, 3.63) is 11.7 Å². The first kappa shape index (κ1) is 12.1. The van der Waals surface area contributed by atoms with E-state index < -0.39 is 0 Å². The Hall–Kier alpha value is -0.940. The van der Waals surface area contributed by atoms with Crippen LogP contribution in [0.25, 0.3) is 0 Å². The van der Waals surface area contributed by atoms with Crippen LogP contribution in [0, 0.1) is 0 Å². The average Bonchev–Trinajstić information content (AvgIpc) is 2.66. The van der Waals surface area contributed by atoms with Gasteiger partial charge in [-0.25, -0.2) is 0 Å². The summed E-state index contributed by atoms with van der Waals surface area (Å²) < 4.78 is 10.2. The first-order chi connectivity index (χ1) is 7.17. The highest BCUT2D eigenvalue weighted by atomic mass is 16.5. The van der Waals surface area contributed by atoms with Gasteiger partial charge in [-0.15, -0.1) is 0 Å². The minimum Gasteiger partial charge on any atom is -0.381 e. The summed E-state index contributed by atoms with van der Waals surface area (Å²) in [6.07, 6.45) is 2.62. The molecule has 0 saturated heterocycles. The Balaban J connectivity index is 2.55. The smallest absolute Gasteiger partial charge is 0.243 e. The van der Waals surface area contributed by atoms with Gasteiger partial charge in [0.15, 0.2) is 5.82 Å². The molecule has 0 aliphatic rings. The second-order valence-corrected chi connectivity index (χ2v) is 3.69. The highest BCUT2D eigenvalue weighted by Gasteiger charge is 2.15. The molecule has 0 aliphatic carbocycles. The highest BCUT2D eigenvalue weighted by Crippen LogP contribution is 2.13. The Morgan fingerprint density at radius 3 is 2.87 bits per heavy atom. The third kappa shape index (κ3) is 3.60. The number of methoxy groups -OCH3 is 1. The van der Waals surface area contributed by atoms with Crippen molar-refractivity contribution in [2.45, 2.75) is 45.3 Å². The van der Waals surface area contributed by atoms with Crippen LogP contribution in [0.5, 0.6) is 0 Å². The molecule has 1 unspecified atom stereocenters. The number of rotatable bonds is 6. The monoisotopic (exact) mass is 213 g/mol. The average molecular weight is 213 g/mol. The lowest BCUT2D eigenvalue weighted by Crippen LogP contribution is -2.12. The van der Waals surface area contributed by atoms with Gasteiger partial charge in [-0.05, 0) is 13.3 Å². The summed E-state index contributed by atoms with van der Waals surface area (Å²) >= 11 is 0. The lowest BCUT2D eigenvalue weighted by molar-refractivity contribution is 0.116. The summed E-state index contributed by atoms with van der Waals surface area (Å²) in [6.45, 7) is 4.03. The molecule has 0 saturated carbocycles. The van der Waals surface area contributed by atoms with Crippen LogP contribution in [0.3, 0.4) is 0 Å². The molecule has 1 aromatic heterocycles. The first-order valence-electron chi connectivity index (χ1n) is 5.28.